The molecule has 1 fully saturated rings. The van der Waals surface area contributed by atoms with Crippen LogP contribution in [0.25, 0.3) is 0 Å². The molecule has 0 aromatic heterocycles. The van der Waals surface area contributed by atoms with Crippen LogP contribution in [0.3, 0.4) is 0 Å². The Morgan fingerprint density at radius 2 is 2.00 bits per heavy atom. The number of aliphatic hydroxyl groups is 1. The zero-order valence-electron chi connectivity index (χ0n) is 10.1. The van der Waals surface area contributed by atoms with Gasteiger partial charge in [-0.2, -0.15) is 4.31 Å². The van der Waals surface area contributed by atoms with Gasteiger partial charge in [-0.3, -0.25) is 0 Å². The Morgan fingerprint density at radius 1 is 1.33 bits per heavy atom. The van der Waals surface area contributed by atoms with E-state index in [0.717, 1.165) is 12.0 Å². The number of hydrogen-bond acceptors (Lipinski definition) is 4. The molecule has 1 aromatic rings. The van der Waals surface area contributed by atoms with Gasteiger partial charge in [-0.1, -0.05) is 12.1 Å². The van der Waals surface area contributed by atoms with E-state index in [9.17, 15) is 8.42 Å². The minimum absolute atomic E-state index is 0.0398. The van der Waals surface area contributed by atoms with Crippen LogP contribution in [-0.2, 0) is 16.6 Å². The van der Waals surface area contributed by atoms with E-state index in [1.807, 2.05) is 0 Å². The van der Waals surface area contributed by atoms with Crippen LogP contribution >= 0.6 is 0 Å². The number of aliphatic hydroxyl groups excluding tert-OH is 1. The topological polar surface area (TPSA) is 83.6 Å². The van der Waals surface area contributed by atoms with Crippen molar-refractivity contribution in [1.82, 2.24) is 4.31 Å². The van der Waals surface area contributed by atoms with Gasteiger partial charge in [0.1, 0.15) is 0 Å². The first-order valence-electron chi connectivity index (χ1n) is 5.98. The molecule has 2 rings (SSSR count). The predicted molar refractivity (Wildman–Crippen MR) is 68.3 cm³/mol. The van der Waals surface area contributed by atoms with Crippen LogP contribution < -0.4 is 5.73 Å². The molecule has 1 saturated heterocycles. The summed E-state index contributed by atoms with van der Waals surface area (Å²) in [5.74, 6) is 0.0584. The fourth-order valence-corrected chi connectivity index (χ4v) is 3.64. The Balaban J connectivity index is 2.20. The third-order valence-electron chi connectivity index (χ3n) is 3.30. The molecular formula is C12H18N2O3S. The van der Waals surface area contributed by atoms with Gasteiger partial charge in [-0.25, -0.2) is 8.42 Å². The van der Waals surface area contributed by atoms with Crippen LogP contribution in [0.2, 0.25) is 0 Å². The Kier molecular flexibility index (Phi) is 4.01. The molecule has 1 aliphatic rings. The van der Waals surface area contributed by atoms with Crippen molar-refractivity contribution in [2.45, 2.75) is 17.9 Å². The Bertz CT molecular complexity index is 499. The standard InChI is InChI=1S/C12H18N2O3S/c13-7-10-1-3-12(4-2-10)18(16,17)14-6-5-11(8-14)9-15/h1-4,11,15H,5-9,13H2. The summed E-state index contributed by atoms with van der Waals surface area (Å²) in [5.41, 5.74) is 6.39. The van der Waals surface area contributed by atoms with Gasteiger partial charge in [0.05, 0.1) is 4.90 Å². The highest BCUT2D eigenvalue weighted by Crippen LogP contribution is 2.24. The van der Waals surface area contributed by atoms with E-state index in [1.54, 1.807) is 24.3 Å². The maximum atomic E-state index is 12.3. The second-order valence-corrected chi connectivity index (χ2v) is 6.49. The molecule has 0 aliphatic carbocycles. The lowest BCUT2D eigenvalue weighted by Crippen LogP contribution is -2.29. The Hall–Kier alpha value is -0.950. The van der Waals surface area contributed by atoms with Crippen LogP contribution in [0.15, 0.2) is 29.2 Å². The molecule has 100 valence electrons. The molecule has 1 unspecified atom stereocenters. The lowest BCUT2D eigenvalue weighted by Gasteiger charge is -2.16. The van der Waals surface area contributed by atoms with Gasteiger partial charge in [0.2, 0.25) is 10.0 Å². The summed E-state index contributed by atoms with van der Waals surface area (Å²) in [5, 5.41) is 9.05. The summed E-state index contributed by atoms with van der Waals surface area (Å²) in [4.78, 5) is 0.290. The Labute approximate surface area is 107 Å². The normalized spacial score (nSPS) is 21.3. The molecular weight excluding hydrogens is 252 g/mol. The maximum Gasteiger partial charge on any atom is 0.243 e. The van der Waals surface area contributed by atoms with Gasteiger partial charge in [0, 0.05) is 26.2 Å². The van der Waals surface area contributed by atoms with E-state index < -0.39 is 10.0 Å². The van der Waals surface area contributed by atoms with Crippen molar-refractivity contribution in [3.05, 3.63) is 29.8 Å². The van der Waals surface area contributed by atoms with Crippen LogP contribution in [0.5, 0.6) is 0 Å². The highest BCUT2D eigenvalue weighted by molar-refractivity contribution is 7.89. The largest absolute Gasteiger partial charge is 0.396 e. The van der Waals surface area contributed by atoms with Crippen LogP contribution in [0.4, 0.5) is 0 Å². The van der Waals surface area contributed by atoms with Gasteiger partial charge in [0.25, 0.3) is 0 Å². The first-order chi connectivity index (χ1) is 8.57. The molecule has 0 saturated carbocycles. The molecule has 0 bridgehead atoms. The number of rotatable bonds is 4. The number of nitrogens with zero attached hydrogens (tertiary/aromatic N) is 1. The van der Waals surface area contributed by atoms with E-state index in [-0.39, 0.29) is 12.5 Å². The predicted octanol–water partition coefficient (Wildman–Crippen LogP) is 0.148. The summed E-state index contributed by atoms with van der Waals surface area (Å²) < 4.78 is 26.1. The smallest absolute Gasteiger partial charge is 0.243 e. The van der Waals surface area contributed by atoms with Crippen molar-refractivity contribution in [1.29, 1.82) is 0 Å². The van der Waals surface area contributed by atoms with E-state index >= 15 is 0 Å². The lowest BCUT2D eigenvalue weighted by atomic mass is 10.1. The molecule has 1 atom stereocenters. The molecule has 0 radical (unpaired) electrons. The van der Waals surface area contributed by atoms with Crippen molar-refractivity contribution < 1.29 is 13.5 Å². The van der Waals surface area contributed by atoms with Gasteiger partial charge in [-0.05, 0) is 30.0 Å². The average Bonchev–Trinajstić information content (AvgIpc) is 2.88. The second-order valence-electron chi connectivity index (χ2n) is 4.55. The molecule has 3 N–H and O–H groups in total. The van der Waals surface area contributed by atoms with Crippen LogP contribution in [0, 0.1) is 5.92 Å². The van der Waals surface area contributed by atoms with Gasteiger partial charge < -0.3 is 10.8 Å². The van der Waals surface area contributed by atoms with E-state index in [1.165, 1.54) is 4.31 Å². The van der Waals surface area contributed by atoms with Crippen molar-refractivity contribution in [3.63, 3.8) is 0 Å². The number of benzene rings is 1. The molecule has 6 heteroatoms. The summed E-state index contributed by atoms with van der Waals surface area (Å²) in [6, 6.07) is 6.63. The molecule has 0 amide bonds. The molecule has 0 spiro atoms. The summed E-state index contributed by atoms with van der Waals surface area (Å²) in [7, 11) is -3.43. The molecule has 18 heavy (non-hydrogen) atoms. The number of sulfonamides is 1. The highest BCUT2D eigenvalue weighted by Gasteiger charge is 2.31. The van der Waals surface area contributed by atoms with E-state index in [4.69, 9.17) is 10.8 Å². The minimum Gasteiger partial charge on any atom is -0.396 e. The van der Waals surface area contributed by atoms with Crippen molar-refractivity contribution >= 4 is 10.0 Å². The van der Waals surface area contributed by atoms with Crippen LogP contribution in [0.1, 0.15) is 12.0 Å². The maximum absolute atomic E-state index is 12.3. The van der Waals surface area contributed by atoms with E-state index in [0.29, 0.717) is 24.5 Å². The minimum atomic E-state index is -3.43. The van der Waals surface area contributed by atoms with Gasteiger partial charge >= 0.3 is 0 Å². The fraction of sp³-hybridized carbons (Fsp3) is 0.500. The fourth-order valence-electron chi connectivity index (χ4n) is 2.11. The van der Waals surface area contributed by atoms with Gasteiger partial charge in [0.15, 0.2) is 0 Å². The number of nitrogens with two attached hydrogens (primary N) is 1. The number of hydrogen-bond donors (Lipinski definition) is 2. The molecule has 1 aromatic carbocycles. The van der Waals surface area contributed by atoms with Crippen LogP contribution in [-0.4, -0.2) is 37.5 Å². The Morgan fingerprint density at radius 3 is 2.50 bits per heavy atom. The summed E-state index contributed by atoms with van der Waals surface area (Å²) >= 11 is 0. The molecule has 1 heterocycles. The quantitative estimate of drug-likeness (QED) is 0.815. The van der Waals surface area contributed by atoms with Crippen molar-refractivity contribution in [3.8, 4) is 0 Å². The highest BCUT2D eigenvalue weighted by atomic mass is 32.2. The molecule has 5 nitrogen and oxygen atoms in total. The van der Waals surface area contributed by atoms with Crippen molar-refractivity contribution in [2.75, 3.05) is 19.7 Å². The SMILES string of the molecule is NCc1ccc(S(=O)(=O)N2CCC(CO)C2)cc1. The monoisotopic (exact) mass is 270 g/mol. The third kappa shape index (κ3) is 2.56. The second kappa shape index (κ2) is 5.36. The van der Waals surface area contributed by atoms with E-state index in [2.05, 4.69) is 0 Å². The van der Waals surface area contributed by atoms with Crippen molar-refractivity contribution in [2.24, 2.45) is 11.7 Å². The zero-order valence-corrected chi connectivity index (χ0v) is 10.9. The summed E-state index contributed by atoms with van der Waals surface area (Å²) in [6.07, 6.45) is 0.719. The lowest BCUT2D eigenvalue weighted by molar-refractivity contribution is 0.233. The van der Waals surface area contributed by atoms with Gasteiger partial charge in [-0.15, -0.1) is 0 Å². The first-order valence-corrected chi connectivity index (χ1v) is 7.42. The zero-order chi connectivity index (χ0) is 13.2. The third-order valence-corrected chi connectivity index (χ3v) is 5.18. The average molecular weight is 270 g/mol. The molecule has 1 aliphatic heterocycles. The first kappa shape index (κ1) is 13.5. The summed E-state index contributed by atoms with van der Waals surface area (Å²) in [6.45, 7) is 1.32.